The minimum atomic E-state index is -0.938. The second-order valence-corrected chi connectivity index (χ2v) is 6.53. The summed E-state index contributed by atoms with van der Waals surface area (Å²) in [6.45, 7) is 2.98. The van der Waals surface area contributed by atoms with Crippen LogP contribution < -0.4 is 0 Å². The van der Waals surface area contributed by atoms with Gasteiger partial charge < -0.3 is 14.7 Å². The van der Waals surface area contributed by atoms with Gasteiger partial charge in [0.15, 0.2) is 0 Å². The number of nitrogens with zero attached hydrogens (tertiary/aromatic N) is 3. The highest BCUT2D eigenvalue weighted by atomic mass is 35.5. The second-order valence-electron chi connectivity index (χ2n) is 6.09. The van der Waals surface area contributed by atoms with E-state index in [0.29, 0.717) is 30.2 Å². The molecular formula is C18H20ClN3O4. The lowest BCUT2D eigenvalue weighted by molar-refractivity contribution is -0.141. The van der Waals surface area contributed by atoms with Gasteiger partial charge in [-0.05, 0) is 24.6 Å². The Morgan fingerprint density at radius 1 is 1.42 bits per heavy atom. The van der Waals surface area contributed by atoms with Gasteiger partial charge in [0.05, 0.1) is 42.3 Å². The molecule has 7 nitrogen and oxygen atoms in total. The maximum atomic E-state index is 13.0. The molecule has 0 spiro atoms. The third kappa shape index (κ3) is 3.89. The number of hydrogen-bond donors (Lipinski definition) is 1. The van der Waals surface area contributed by atoms with Gasteiger partial charge in [-0.1, -0.05) is 24.6 Å². The zero-order valence-electron chi connectivity index (χ0n) is 14.4. The van der Waals surface area contributed by atoms with Crippen molar-refractivity contribution < 1.29 is 19.4 Å². The molecule has 1 N–H and O–H groups in total. The molecule has 0 radical (unpaired) electrons. The van der Waals surface area contributed by atoms with Crippen LogP contribution >= 0.6 is 11.6 Å². The number of ether oxygens (including phenoxy) is 1. The van der Waals surface area contributed by atoms with Gasteiger partial charge in [-0.2, -0.15) is 5.10 Å². The van der Waals surface area contributed by atoms with E-state index in [4.69, 9.17) is 21.4 Å². The van der Waals surface area contributed by atoms with Gasteiger partial charge in [0.1, 0.15) is 0 Å². The van der Waals surface area contributed by atoms with Crippen molar-refractivity contribution in [2.24, 2.45) is 0 Å². The van der Waals surface area contributed by atoms with Crippen LogP contribution in [0.3, 0.4) is 0 Å². The summed E-state index contributed by atoms with van der Waals surface area (Å²) in [6, 6.07) is 7.28. The number of aliphatic carboxylic acids is 1. The first-order valence-corrected chi connectivity index (χ1v) is 8.83. The van der Waals surface area contributed by atoms with Crippen LogP contribution in [0.15, 0.2) is 30.5 Å². The van der Waals surface area contributed by atoms with Crippen LogP contribution in [0.1, 0.15) is 29.4 Å². The topological polar surface area (TPSA) is 84.7 Å². The van der Waals surface area contributed by atoms with Crippen LogP contribution in [0.2, 0.25) is 5.02 Å². The SMILES string of the molecule is CCc1c(C(=O)N2CCO[C@@H](CC(=O)O)C2)cnn1-c1cccc(Cl)c1. The molecule has 1 saturated heterocycles. The predicted octanol–water partition coefficient (Wildman–Crippen LogP) is 2.40. The number of rotatable bonds is 5. The Labute approximate surface area is 156 Å². The molecule has 1 fully saturated rings. The predicted molar refractivity (Wildman–Crippen MR) is 95.8 cm³/mol. The third-order valence-electron chi connectivity index (χ3n) is 4.32. The van der Waals surface area contributed by atoms with Gasteiger partial charge in [-0.15, -0.1) is 0 Å². The summed E-state index contributed by atoms with van der Waals surface area (Å²) in [5, 5.41) is 13.9. The van der Waals surface area contributed by atoms with Crippen LogP contribution in [0.25, 0.3) is 5.69 Å². The summed E-state index contributed by atoms with van der Waals surface area (Å²) in [5.74, 6) is -1.10. The number of amides is 1. The van der Waals surface area contributed by atoms with E-state index in [-0.39, 0.29) is 18.9 Å². The van der Waals surface area contributed by atoms with Crippen LogP contribution in [-0.2, 0) is 16.0 Å². The molecule has 0 unspecified atom stereocenters. The number of carbonyl (C=O) groups is 2. The Bertz CT molecular complexity index is 821. The summed E-state index contributed by atoms with van der Waals surface area (Å²) < 4.78 is 7.16. The maximum Gasteiger partial charge on any atom is 0.306 e. The van der Waals surface area contributed by atoms with Crippen molar-refractivity contribution in [3.05, 3.63) is 46.7 Å². The fraction of sp³-hybridized carbons (Fsp3) is 0.389. The Hall–Kier alpha value is -2.38. The molecule has 1 atom stereocenters. The highest BCUT2D eigenvalue weighted by Crippen LogP contribution is 2.21. The summed E-state index contributed by atoms with van der Waals surface area (Å²) >= 11 is 6.06. The van der Waals surface area contributed by atoms with E-state index in [1.54, 1.807) is 27.9 Å². The molecule has 2 heterocycles. The van der Waals surface area contributed by atoms with Gasteiger partial charge in [0.2, 0.25) is 0 Å². The highest BCUT2D eigenvalue weighted by molar-refractivity contribution is 6.30. The van der Waals surface area contributed by atoms with Crippen molar-refractivity contribution in [1.29, 1.82) is 0 Å². The van der Waals surface area contributed by atoms with Crippen molar-refractivity contribution >= 4 is 23.5 Å². The molecule has 0 saturated carbocycles. The van der Waals surface area contributed by atoms with Crippen LogP contribution in [0, 0.1) is 0 Å². The molecule has 0 bridgehead atoms. The van der Waals surface area contributed by atoms with Gasteiger partial charge in [-0.25, -0.2) is 4.68 Å². The lowest BCUT2D eigenvalue weighted by Crippen LogP contribution is -2.46. The fourth-order valence-electron chi connectivity index (χ4n) is 3.12. The van der Waals surface area contributed by atoms with Crippen LogP contribution in [0.4, 0.5) is 0 Å². The van der Waals surface area contributed by atoms with Gasteiger partial charge in [0.25, 0.3) is 5.91 Å². The van der Waals surface area contributed by atoms with E-state index in [0.717, 1.165) is 11.4 Å². The molecule has 1 aliphatic heterocycles. The lowest BCUT2D eigenvalue weighted by Gasteiger charge is -2.32. The number of carboxylic acids is 1. The van der Waals surface area contributed by atoms with Crippen LogP contribution in [-0.4, -0.2) is 57.5 Å². The Morgan fingerprint density at radius 2 is 2.23 bits per heavy atom. The fourth-order valence-corrected chi connectivity index (χ4v) is 3.30. The van der Waals surface area contributed by atoms with E-state index in [2.05, 4.69) is 5.10 Å². The first-order valence-electron chi connectivity index (χ1n) is 8.45. The lowest BCUT2D eigenvalue weighted by atomic mass is 10.1. The summed E-state index contributed by atoms with van der Waals surface area (Å²) in [5.41, 5.74) is 2.10. The molecule has 1 aliphatic rings. The third-order valence-corrected chi connectivity index (χ3v) is 4.55. The maximum absolute atomic E-state index is 13.0. The van der Waals surface area contributed by atoms with E-state index < -0.39 is 12.1 Å². The summed E-state index contributed by atoms with van der Waals surface area (Å²) in [6.07, 6.45) is 1.57. The number of morpholine rings is 1. The zero-order valence-corrected chi connectivity index (χ0v) is 15.1. The Balaban J connectivity index is 1.85. The van der Waals surface area contributed by atoms with Crippen molar-refractivity contribution in [1.82, 2.24) is 14.7 Å². The highest BCUT2D eigenvalue weighted by Gasteiger charge is 2.29. The number of aromatic nitrogens is 2. The van der Waals surface area contributed by atoms with E-state index >= 15 is 0 Å². The molecule has 138 valence electrons. The Morgan fingerprint density at radius 3 is 2.92 bits per heavy atom. The molecule has 1 aromatic carbocycles. The monoisotopic (exact) mass is 377 g/mol. The van der Waals surface area contributed by atoms with Crippen molar-refractivity contribution in [2.75, 3.05) is 19.7 Å². The van der Waals surface area contributed by atoms with Gasteiger partial charge >= 0.3 is 5.97 Å². The normalized spacial score (nSPS) is 17.3. The first-order chi connectivity index (χ1) is 12.5. The minimum Gasteiger partial charge on any atom is -0.481 e. The van der Waals surface area contributed by atoms with Gasteiger partial charge in [0, 0.05) is 18.1 Å². The van der Waals surface area contributed by atoms with Crippen molar-refractivity contribution in [3.63, 3.8) is 0 Å². The van der Waals surface area contributed by atoms with E-state index in [1.807, 2.05) is 19.1 Å². The average molecular weight is 378 g/mol. The Kier molecular flexibility index (Phi) is 5.58. The quantitative estimate of drug-likeness (QED) is 0.864. The number of carboxylic acid groups (broad SMARTS) is 1. The summed E-state index contributed by atoms with van der Waals surface area (Å²) in [7, 11) is 0. The summed E-state index contributed by atoms with van der Waals surface area (Å²) in [4.78, 5) is 25.5. The number of hydrogen-bond acceptors (Lipinski definition) is 4. The molecular weight excluding hydrogens is 358 g/mol. The second kappa shape index (κ2) is 7.88. The van der Waals surface area contributed by atoms with Crippen molar-refractivity contribution in [2.45, 2.75) is 25.9 Å². The number of carbonyl (C=O) groups excluding carboxylic acids is 1. The molecule has 3 rings (SSSR count). The average Bonchev–Trinajstić information content (AvgIpc) is 3.04. The molecule has 1 amide bonds. The standard InChI is InChI=1S/C18H20ClN3O4/c1-2-16-15(10-20-22(16)13-5-3-4-12(19)8-13)18(25)21-6-7-26-14(11-21)9-17(23)24/h3-5,8,10,14H,2,6-7,9,11H2,1H3,(H,23,24)/t14-/m0/s1. The van der Waals surface area contributed by atoms with Crippen molar-refractivity contribution in [3.8, 4) is 5.69 Å². The number of benzene rings is 1. The molecule has 8 heteroatoms. The number of halogens is 1. The zero-order chi connectivity index (χ0) is 18.7. The van der Waals surface area contributed by atoms with Gasteiger partial charge in [-0.3, -0.25) is 9.59 Å². The van der Waals surface area contributed by atoms with Crippen LogP contribution in [0.5, 0.6) is 0 Å². The van der Waals surface area contributed by atoms with E-state index in [9.17, 15) is 9.59 Å². The van der Waals surface area contributed by atoms with E-state index in [1.165, 1.54) is 0 Å². The molecule has 1 aromatic heterocycles. The molecule has 0 aliphatic carbocycles. The largest absolute Gasteiger partial charge is 0.481 e. The minimum absolute atomic E-state index is 0.119. The molecule has 26 heavy (non-hydrogen) atoms. The first kappa shape index (κ1) is 18.4. The smallest absolute Gasteiger partial charge is 0.306 e. The molecule has 2 aromatic rings.